The van der Waals surface area contributed by atoms with Gasteiger partial charge in [0.1, 0.15) is 0 Å². The fourth-order valence-corrected chi connectivity index (χ4v) is 11.6. The summed E-state index contributed by atoms with van der Waals surface area (Å²) < 4.78 is 0. The predicted molar refractivity (Wildman–Crippen MR) is 292 cm³/mol. The molecule has 11 aromatic carbocycles. The second kappa shape index (κ2) is 16.4. The Hall–Kier alpha value is -9.31. The SMILES string of the molecule is c1ccc(-c2ccc(-c3nc(-c4ccccc4)nc(-c4cccc(-c5cccc(-c6cc7c(cc6-c6cccc8ccccc68)-c6ccccc6C76c7ccccc7-c7ccccc76)c5)c4)n3)cc2)cc1. The Balaban J connectivity index is 0.937. The van der Waals surface area contributed by atoms with Gasteiger partial charge in [-0.1, -0.05) is 237 Å². The van der Waals surface area contributed by atoms with Gasteiger partial charge in [0.2, 0.25) is 0 Å². The van der Waals surface area contributed by atoms with E-state index in [1.165, 1.54) is 77.5 Å². The van der Waals surface area contributed by atoms with Crippen LogP contribution in [0.2, 0.25) is 0 Å². The van der Waals surface area contributed by atoms with Crippen LogP contribution in [0.15, 0.2) is 261 Å². The first-order valence-electron chi connectivity index (χ1n) is 24.3. The van der Waals surface area contributed by atoms with Gasteiger partial charge in [0, 0.05) is 16.7 Å². The highest BCUT2D eigenvalue weighted by molar-refractivity contribution is 6.04. The van der Waals surface area contributed by atoms with Gasteiger partial charge in [-0.2, -0.15) is 0 Å². The molecule has 0 atom stereocenters. The van der Waals surface area contributed by atoms with Crippen LogP contribution in [0.4, 0.5) is 0 Å². The third kappa shape index (κ3) is 6.55. The Morgan fingerprint density at radius 1 is 0.211 bits per heavy atom. The monoisotopic (exact) mass is 901 g/mol. The zero-order chi connectivity index (χ0) is 46.9. The molecule has 14 rings (SSSR count). The van der Waals surface area contributed by atoms with Crippen molar-refractivity contribution < 1.29 is 0 Å². The molecule has 3 nitrogen and oxygen atoms in total. The van der Waals surface area contributed by atoms with Crippen LogP contribution in [0.1, 0.15) is 22.3 Å². The zero-order valence-electron chi connectivity index (χ0n) is 38.7. The molecule has 1 aromatic heterocycles. The van der Waals surface area contributed by atoms with Crippen LogP contribution in [0, 0.1) is 0 Å². The molecule has 2 aliphatic carbocycles. The minimum atomic E-state index is -0.469. The Morgan fingerprint density at radius 3 is 1.27 bits per heavy atom. The van der Waals surface area contributed by atoms with Gasteiger partial charge in [0.05, 0.1) is 5.41 Å². The average Bonchev–Trinajstić information content (AvgIpc) is 3.93. The third-order valence-corrected chi connectivity index (χ3v) is 14.8. The standard InChI is InChI=1S/C68H43N3/c1-3-18-44(19-4-1)45-36-38-48(39-37-45)66-69-65(47-21-5-2-6-22-47)70-67(71-66)52-27-16-25-50(41-52)49-24-15-26-51(40-49)58-43-64-60(42-59(58)54-32-17-23-46-20-7-8-28-53(46)54)57-31-11-14-35-63(57)68(64)61-33-12-9-29-55(61)56-30-10-13-34-62(56)68/h1-43H. The van der Waals surface area contributed by atoms with Crippen LogP contribution >= 0.6 is 0 Å². The van der Waals surface area contributed by atoms with E-state index in [0.717, 1.165) is 38.9 Å². The second-order valence-corrected chi connectivity index (χ2v) is 18.6. The molecule has 0 fully saturated rings. The van der Waals surface area contributed by atoms with E-state index in [1.54, 1.807) is 0 Å². The lowest BCUT2D eigenvalue weighted by molar-refractivity contribution is 0.794. The molecular formula is C68H43N3. The Bertz CT molecular complexity index is 3990. The molecule has 2 aliphatic rings. The molecule has 0 saturated heterocycles. The number of rotatable bonds is 7. The van der Waals surface area contributed by atoms with Crippen LogP contribution in [-0.4, -0.2) is 15.0 Å². The van der Waals surface area contributed by atoms with Gasteiger partial charge in [-0.25, -0.2) is 15.0 Å². The first-order chi connectivity index (χ1) is 35.2. The largest absolute Gasteiger partial charge is 0.208 e. The lowest BCUT2D eigenvalue weighted by Gasteiger charge is -2.31. The predicted octanol–water partition coefficient (Wildman–Crippen LogP) is 17.0. The lowest BCUT2D eigenvalue weighted by Crippen LogP contribution is -2.25. The molecule has 1 heterocycles. The number of benzene rings is 11. The van der Waals surface area contributed by atoms with Gasteiger partial charge >= 0.3 is 0 Å². The normalized spacial score (nSPS) is 12.6. The van der Waals surface area contributed by atoms with Crippen molar-refractivity contribution in [3.05, 3.63) is 283 Å². The molecule has 71 heavy (non-hydrogen) atoms. The van der Waals surface area contributed by atoms with Gasteiger partial charge in [-0.3, -0.25) is 0 Å². The maximum absolute atomic E-state index is 5.17. The number of nitrogens with zero attached hydrogens (tertiary/aromatic N) is 3. The van der Waals surface area contributed by atoms with E-state index >= 15 is 0 Å². The second-order valence-electron chi connectivity index (χ2n) is 18.6. The van der Waals surface area contributed by atoms with Gasteiger partial charge in [-0.05, 0) is 124 Å². The fourth-order valence-electron chi connectivity index (χ4n) is 11.6. The Kier molecular flexibility index (Phi) is 9.43. The number of fused-ring (bicyclic) bond motifs is 11. The number of hydrogen-bond donors (Lipinski definition) is 0. The fraction of sp³-hybridized carbons (Fsp3) is 0.0147. The molecule has 0 saturated carbocycles. The van der Waals surface area contributed by atoms with Crippen LogP contribution in [0.5, 0.6) is 0 Å². The highest BCUT2D eigenvalue weighted by atomic mass is 15.0. The molecule has 3 heteroatoms. The first kappa shape index (κ1) is 40.7. The molecule has 330 valence electrons. The quantitative estimate of drug-likeness (QED) is 0.160. The average molecular weight is 902 g/mol. The van der Waals surface area contributed by atoms with Crippen LogP contribution in [0.25, 0.3) is 112 Å². The van der Waals surface area contributed by atoms with Crippen molar-refractivity contribution >= 4 is 10.8 Å². The smallest absolute Gasteiger partial charge is 0.164 e. The first-order valence-corrected chi connectivity index (χ1v) is 24.3. The highest BCUT2D eigenvalue weighted by Gasteiger charge is 2.51. The summed E-state index contributed by atoms with van der Waals surface area (Å²) in [4.78, 5) is 15.3. The van der Waals surface area contributed by atoms with Crippen molar-refractivity contribution in [2.75, 3.05) is 0 Å². The topological polar surface area (TPSA) is 38.7 Å². The summed E-state index contributed by atoms with van der Waals surface area (Å²) in [6.45, 7) is 0. The number of hydrogen-bond acceptors (Lipinski definition) is 3. The van der Waals surface area contributed by atoms with E-state index in [1.807, 2.05) is 24.3 Å². The summed E-state index contributed by atoms with van der Waals surface area (Å²) in [7, 11) is 0. The van der Waals surface area contributed by atoms with Crippen molar-refractivity contribution in [2.24, 2.45) is 0 Å². The van der Waals surface area contributed by atoms with Gasteiger partial charge in [0.25, 0.3) is 0 Å². The summed E-state index contributed by atoms with van der Waals surface area (Å²) in [6, 6.07) is 94.5. The molecule has 0 radical (unpaired) electrons. The molecule has 12 aromatic rings. The Labute approximate surface area is 413 Å². The van der Waals surface area contributed by atoms with Gasteiger partial charge in [-0.15, -0.1) is 0 Å². The van der Waals surface area contributed by atoms with Crippen LogP contribution in [-0.2, 0) is 5.41 Å². The molecule has 1 spiro atoms. The maximum atomic E-state index is 5.17. The van der Waals surface area contributed by atoms with Crippen LogP contribution < -0.4 is 0 Å². The molecule has 0 bridgehead atoms. The van der Waals surface area contributed by atoms with Crippen molar-refractivity contribution in [2.45, 2.75) is 5.41 Å². The van der Waals surface area contributed by atoms with Crippen molar-refractivity contribution in [1.29, 1.82) is 0 Å². The van der Waals surface area contributed by atoms with E-state index in [-0.39, 0.29) is 0 Å². The summed E-state index contributed by atoms with van der Waals surface area (Å²) in [5.41, 5.74) is 22.1. The number of aromatic nitrogens is 3. The molecule has 0 aliphatic heterocycles. The van der Waals surface area contributed by atoms with E-state index in [4.69, 9.17) is 15.0 Å². The minimum Gasteiger partial charge on any atom is -0.208 e. The lowest BCUT2D eigenvalue weighted by atomic mass is 9.70. The minimum absolute atomic E-state index is 0.469. The molecule has 0 unspecified atom stereocenters. The summed E-state index contributed by atoms with van der Waals surface area (Å²) in [5, 5.41) is 2.45. The van der Waals surface area contributed by atoms with Gasteiger partial charge in [0.15, 0.2) is 17.5 Å². The van der Waals surface area contributed by atoms with Crippen molar-refractivity contribution in [3.8, 4) is 101 Å². The van der Waals surface area contributed by atoms with Crippen molar-refractivity contribution in [1.82, 2.24) is 15.0 Å². The Morgan fingerprint density at radius 2 is 0.620 bits per heavy atom. The van der Waals surface area contributed by atoms with Gasteiger partial charge < -0.3 is 0 Å². The van der Waals surface area contributed by atoms with Crippen LogP contribution in [0.3, 0.4) is 0 Å². The maximum Gasteiger partial charge on any atom is 0.164 e. The molecular weight excluding hydrogens is 859 g/mol. The highest BCUT2D eigenvalue weighted by Crippen LogP contribution is 2.64. The van der Waals surface area contributed by atoms with E-state index in [9.17, 15) is 0 Å². The van der Waals surface area contributed by atoms with E-state index in [2.05, 4.69) is 237 Å². The zero-order valence-corrected chi connectivity index (χ0v) is 38.7. The van der Waals surface area contributed by atoms with E-state index in [0.29, 0.717) is 17.5 Å². The summed E-state index contributed by atoms with van der Waals surface area (Å²) >= 11 is 0. The molecule has 0 amide bonds. The summed E-state index contributed by atoms with van der Waals surface area (Å²) in [5.74, 6) is 1.89. The molecule has 0 N–H and O–H groups in total. The summed E-state index contributed by atoms with van der Waals surface area (Å²) in [6.07, 6.45) is 0. The van der Waals surface area contributed by atoms with Crippen molar-refractivity contribution in [3.63, 3.8) is 0 Å². The van der Waals surface area contributed by atoms with E-state index < -0.39 is 5.41 Å². The third-order valence-electron chi connectivity index (χ3n) is 14.8.